The van der Waals surface area contributed by atoms with Crippen molar-refractivity contribution in [1.82, 2.24) is 0 Å². The molecule has 0 radical (unpaired) electrons. The largest absolute Gasteiger partial charge is 0.371 e. The van der Waals surface area contributed by atoms with Crippen molar-refractivity contribution in [2.45, 2.75) is 33.2 Å². The summed E-state index contributed by atoms with van der Waals surface area (Å²) in [5.74, 6) is 0.779. The molecule has 0 aromatic heterocycles. The van der Waals surface area contributed by atoms with Gasteiger partial charge in [0.25, 0.3) is 5.69 Å². The second-order valence-corrected chi connectivity index (χ2v) is 6.56. The van der Waals surface area contributed by atoms with Crippen molar-refractivity contribution in [2.75, 3.05) is 10.6 Å². The van der Waals surface area contributed by atoms with Gasteiger partial charge in [-0.15, -0.1) is 0 Å². The molecule has 0 amide bonds. The zero-order valence-electron chi connectivity index (χ0n) is 14.2. The third-order valence-electron chi connectivity index (χ3n) is 4.17. The van der Waals surface area contributed by atoms with Gasteiger partial charge in [-0.05, 0) is 44.9 Å². The van der Waals surface area contributed by atoms with E-state index in [-0.39, 0.29) is 5.69 Å². The highest BCUT2D eigenvalue weighted by Crippen LogP contribution is 2.35. The first-order valence-electron chi connectivity index (χ1n) is 7.77. The standard InChI is InChI=1S/C18H20N4O2/c1-11-6-5-7-12(2)16(11)20-17-18(3,4)21-15-10-13(22(23)24)8-9-14(15)19-17/h5-10,21H,1-4H3,(H,19,20). The molecule has 0 bridgehead atoms. The summed E-state index contributed by atoms with van der Waals surface area (Å²) < 4.78 is 0. The van der Waals surface area contributed by atoms with Crippen LogP contribution in [-0.2, 0) is 0 Å². The van der Waals surface area contributed by atoms with Crippen LogP contribution in [0.25, 0.3) is 0 Å². The summed E-state index contributed by atoms with van der Waals surface area (Å²) in [4.78, 5) is 15.4. The Labute approximate surface area is 140 Å². The molecule has 0 atom stereocenters. The van der Waals surface area contributed by atoms with Crippen LogP contribution in [0.5, 0.6) is 0 Å². The summed E-state index contributed by atoms with van der Waals surface area (Å²) in [6.07, 6.45) is 0. The van der Waals surface area contributed by atoms with Crippen LogP contribution in [-0.4, -0.2) is 16.3 Å². The van der Waals surface area contributed by atoms with Crippen molar-refractivity contribution >= 4 is 28.6 Å². The highest BCUT2D eigenvalue weighted by atomic mass is 16.6. The molecule has 0 unspecified atom stereocenters. The van der Waals surface area contributed by atoms with Gasteiger partial charge in [-0.2, -0.15) is 0 Å². The number of anilines is 2. The first-order chi connectivity index (χ1) is 11.3. The van der Waals surface area contributed by atoms with Crippen molar-refractivity contribution in [3.63, 3.8) is 0 Å². The number of hydrogen-bond donors (Lipinski definition) is 2. The zero-order valence-corrected chi connectivity index (χ0v) is 14.2. The molecule has 6 nitrogen and oxygen atoms in total. The molecule has 2 N–H and O–H groups in total. The molecule has 0 aliphatic carbocycles. The van der Waals surface area contributed by atoms with E-state index in [0.717, 1.165) is 28.3 Å². The predicted molar refractivity (Wildman–Crippen MR) is 97.4 cm³/mol. The van der Waals surface area contributed by atoms with Gasteiger partial charge in [0.05, 0.1) is 27.5 Å². The fraction of sp³-hybridized carbons (Fsp3) is 0.278. The average molecular weight is 324 g/mol. The summed E-state index contributed by atoms with van der Waals surface area (Å²) in [5.41, 5.74) is 4.23. The van der Waals surface area contributed by atoms with Crippen LogP contribution in [0.1, 0.15) is 25.0 Å². The SMILES string of the molecule is Cc1cccc(C)c1N=C1Nc2ccc([N+](=O)[O-])cc2NC1(C)C. The molecular formula is C18H20N4O2. The van der Waals surface area contributed by atoms with Crippen molar-refractivity contribution in [3.05, 3.63) is 57.6 Å². The molecule has 2 aromatic carbocycles. The molecule has 1 aliphatic heterocycles. The number of fused-ring (bicyclic) bond motifs is 1. The Morgan fingerprint density at radius 2 is 1.75 bits per heavy atom. The minimum atomic E-state index is -0.475. The van der Waals surface area contributed by atoms with Gasteiger partial charge >= 0.3 is 0 Å². The Balaban J connectivity index is 2.05. The van der Waals surface area contributed by atoms with E-state index < -0.39 is 10.5 Å². The molecule has 2 aromatic rings. The quantitative estimate of drug-likeness (QED) is 0.627. The van der Waals surface area contributed by atoms with Crippen LogP contribution in [0.3, 0.4) is 0 Å². The molecule has 0 spiro atoms. The molecule has 6 heteroatoms. The minimum Gasteiger partial charge on any atom is -0.371 e. The summed E-state index contributed by atoms with van der Waals surface area (Å²) in [6.45, 7) is 8.06. The molecule has 0 saturated carbocycles. The van der Waals surface area contributed by atoms with Crippen LogP contribution in [0.15, 0.2) is 41.4 Å². The van der Waals surface area contributed by atoms with E-state index in [1.807, 2.05) is 45.9 Å². The first kappa shape index (κ1) is 16.0. The van der Waals surface area contributed by atoms with E-state index in [1.54, 1.807) is 12.1 Å². The normalized spacial score (nSPS) is 16.9. The third-order valence-corrected chi connectivity index (χ3v) is 4.17. The molecule has 3 rings (SSSR count). The summed E-state index contributed by atoms with van der Waals surface area (Å²) >= 11 is 0. The lowest BCUT2D eigenvalue weighted by atomic mass is 9.98. The van der Waals surface area contributed by atoms with Crippen LogP contribution in [0.2, 0.25) is 0 Å². The average Bonchev–Trinajstić information content (AvgIpc) is 2.50. The van der Waals surface area contributed by atoms with Gasteiger partial charge in [-0.3, -0.25) is 10.1 Å². The fourth-order valence-corrected chi connectivity index (χ4v) is 2.80. The summed E-state index contributed by atoms with van der Waals surface area (Å²) in [7, 11) is 0. The van der Waals surface area contributed by atoms with Crippen LogP contribution < -0.4 is 10.6 Å². The maximum Gasteiger partial charge on any atom is 0.271 e. The predicted octanol–water partition coefficient (Wildman–Crippen LogP) is 4.56. The number of aryl methyl sites for hydroxylation is 2. The number of nitro benzene ring substituents is 1. The molecular weight excluding hydrogens is 304 g/mol. The number of para-hydroxylation sites is 1. The van der Waals surface area contributed by atoms with E-state index in [4.69, 9.17) is 4.99 Å². The Morgan fingerprint density at radius 1 is 1.08 bits per heavy atom. The third kappa shape index (κ3) is 2.82. The smallest absolute Gasteiger partial charge is 0.271 e. The summed E-state index contributed by atoms with van der Waals surface area (Å²) in [5, 5.41) is 17.6. The Morgan fingerprint density at radius 3 is 2.38 bits per heavy atom. The first-order valence-corrected chi connectivity index (χ1v) is 7.77. The lowest BCUT2D eigenvalue weighted by Crippen LogP contribution is -2.47. The number of nitro groups is 1. The van der Waals surface area contributed by atoms with Crippen molar-refractivity contribution in [1.29, 1.82) is 0 Å². The van der Waals surface area contributed by atoms with Crippen LogP contribution in [0, 0.1) is 24.0 Å². The van der Waals surface area contributed by atoms with Crippen molar-refractivity contribution in [3.8, 4) is 0 Å². The Kier molecular flexibility index (Phi) is 3.75. The van der Waals surface area contributed by atoms with E-state index in [1.165, 1.54) is 6.07 Å². The zero-order chi connectivity index (χ0) is 17.5. The lowest BCUT2D eigenvalue weighted by Gasteiger charge is -2.36. The minimum absolute atomic E-state index is 0.0639. The second-order valence-electron chi connectivity index (χ2n) is 6.56. The highest BCUT2D eigenvalue weighted by Gasteiger charge is 2.32. The van der Waals surface area contributed by atoms with Gasteiger partial charge in [0.1, 0.15) is 5.84 Å². The number of non-ortho nitro benzene ring substituents is 1. The number of benzene rings is 2. The van der Waals surface area contributed by atoms with Crippen molar-refractivity contribution < 1.29 is 4.92 Å². The van der Waals surface area contributed by atoms with Gasteiger partial charge in [0, 0.05) is 12.1 Å². The number of rotatable bonds is 2. The molecule has 1 aliphatic rings. The molecule has 0 saturated heterocycles. The fourth-order valence-electron chi connectivity index (χ4n) is 2.80. The van der Waals surface area contributed by atoms with Gasteiger partial charge in [0.15, 0.2) is 0 Å². The van der Waals surface area contributed by atoms with E-state index in [9.17, 15) is 10.1 Å². The van der Waals surface area contributed by atoms with E-state index in [2.05, 4.69) is 10.6 Å². The number of hydrogen-bond acceptors (Lipinski definition) is 4. The van der Waals surface area contributed by atoms with Gasteiger partial charge in [-0.25, -0.2) is 4.99 Å². The monoisotopic (exact) mass is 324 g/mol. The molecule has 1 heterocycles. The summed E-state index contributed by atoms with van der Waals surface area (Å²) in [6, 6.07) is 10.8. The second kappa shape index (κ2) is 5.63. The maximum atomic E-state index is 11.0. The number of amidine groups is 1. The number of nitrogens with one attached hydrogen (secondary N) is 2. The van der Waals surface area contributed by atoms with Gasteiger partial charge in [-0.1, -0.05) is 18.2 Å². The van der Waals surface area contributed by atoms with Gasteiger partial charge in [0.2, 0.25) is 0 Å². The molecule has 124 valence electrons. The Hall–Kier alpha value is -2.89. The van der Waals surface area contributed by atoms with E-state index >= 15 is 0 Å². The topological polar surface area (TPSA) is 79.6 Å². The number of aliphatic imine (C=N–C) groups is 1. The van der Waals surface area contributed by atoms with E-state index in [0.29, 0.717) is 5.69 Å². The van der Waals surface area contributed by atoms with Crippen LogP contribution in [0.4, 0.5) is 22.7 Å². The van der Waals surface area contributed by atoms with Crippen LogP contribution >= 0.6 is 0 Å². The molecule has 24 heavy (non-hydrogen) atoms. The van der Waals surface area contributed by atoms with Gasteiger partial charge < -0.3 is 10.6 Å². The maximum absolute atomic E-state index is 11.0. The number of nitrogens with zero attached hydrogens (tertiary/aromatic N) is 2. The highest BCUT2D eigenvalue weighted by molar-refractivity contribution is 6.10. The Bertz CT molecular complexity index is 836. The lowest BCUT2D eigenvalue weighted by molar-refractivity contribution is -0.384. The molecule has 0 fully saturated rings. The van der Waals surface area contributed by atoms with Crippen molar-refractivity contribution in [2.24, 2.45) is 4.99 Å².